The number of aliphatic hydroxyl groups excluding tert-OH is 1. The summed E-state index contributed by atoms with van der Waals surface area (Å²) < 4.78 is 5.55. The van der Waals surface area contributed by atoms with Crippen LogP contribution in [0.15, 0.2) is 0 Å². The Hall–Kier alpha value is -0.650. The number of rotatable bonds is 9. The predicted molar refractivity (Wildman–Crippen MR) is 83.9 cm³/mol. The molecule has 1 aliphatic rings. The maximum Gasteiger partial charge on any atom is 0.230 e. The Balaban J connectivity index is 2.60. The van der Waals surface area contributed by atoms with Crippen LogP contribution in [0.25, 0.3) is 0 Å². The number of amides is 1. The second-order valence-corrected chi connectivity index (χ2v) is 6.07. The quantitative estimate of drug-likeness (QED) is 0.677. The van der Waals surface area contributed by atoms with Crippen molar-refractivity contribution in [3.8, 4) is 0 Å². The molecule has 1 heterocycles. The lowest BCUT2D eigenvalue weighted by atomic mass is 9.77. The average molecular weight is 300 g/mol. The molecule has 5 heteroatoms. The summed E-state index contributed by atoms with van der Waals surface area (Å²) in [6.07, 6.45) is 5.59. The summed E-state index contributed by atoms with van der Waals surface area (Å²) >= 11 is 0. The van der Waals surface area contributed by atoms with Gasteiger partial charge in [-0.1, -0.05) is 26.7 Å². The Bertz CT molecular complexity index is 296. The van der Waals surface area contributed by atoms with Gasteiger partial charge in [-0.25, -0.2) is 0 Å². The van der Waals surface area contributed by atoms with E-state index in [-0.39, 0.29) is 24.0 Å². The molecular weight excluding hydrogens is 268 g/mol. The van der Waals surface area contributed by atoms with Crippen LogP contribution in [0.2, 0.25) is 0 Å². The fraction of sp³-hybridized carbons (Fsp3) is 0.938. The van der Waals surface area contributed by atoms with Crippen LogP contribution < -0.4 is 5.73 Å². The van der Waals surface area contributed by atoms with E-state index < -0.39 is 0 Å². The van der Waals surface area contributed by atoms with Gasteiger partial charge in [0.15, 0.2) is 0 Å². The first-order valence-corrected chi connectivity index (χ1v) is 8.35. The zero-order valence-electron chi connectivity index (χ0n) is 13.6. The largest absolute Gasteiger partial charge is 0.394 e. The molecule has 0 aromatic rings. The van der Waals surface area contributed by atoms with Crippen LogP contribution in [0, 0.1) is 5.41 Å². The molecule has 0 aromatic carbocycles. The van der Waals surface area contributed by atoms with Crippen LogP contribution in [0.5, 0.6) is 0 Å². The summed E-state index contributed by atoms with van der Waals surface area (Å²) in [7, 11) is 0. The Morgan fingerprint density at radius 2 is 1.86 bits per heavy atom. The molecular formula is C16H32N2O3. The lowest BCUT2D eigenvalue weighted by Crippen LogP contribution is -2.51. The van der Waals surface area contributed by atoms with E-state index in [0.29, 0.717) is 13.2 Å². The van der Waals surface area contributed by atoms with Gasteiger partial charge in [-0.3, -0.25) is 4.79 Å². The second kappa shape index (κ2) is 9.38. The summed E-state index contributed by atoms with van der Waals surface area (Å²) in [5.74, 6) is 0.231. The smallest absolute Gasteiger partial charge is 0.230 e. The molecule has 1 aliphatic heterocycles. The van der Waals surface area contributed by atoms with E-state index in [1.165, 1.54) is 0 Å². The third-order valence-electron chi connectivity index (χ3n) is 4.48. The summed E-state index contributed by atoms with van der Waals surface area (Å²) in [5, 5.41) is 8.79. The molecule has 0 atom stereocenters. The van der Waals surface area contributed by atoms with Crippen molar-refractivity contribution in [3.63, 3.8) is 0 Å². The molecule has 0 saturated carbocycles. The summed E-state index contributed by atoms with van der Waals surface area (Å²) in [6, 6.07) is 0. The number of hydrogen-bond donors (Lipinski definition) is 2. The summed E-state index contributed by atoms with van der Waals surface area (Å²) in [6.45, 7) is 6.59. The fourth-order valence-corrected chi connectivity index (χ4v) is 3.37. The third-order valence-corrected chi connectivity index (χ3v) is 4.48. The number of nitrogens with two attached hydrogens (primary N) is 1. The van der Waals surface area contributed by atoms with Crippen molar-refractivity contribution in [2.24, 2.45) is 11.1 Å². The van der Waals surface area contributed by atoms with E-state index in [9.17, 15) is 4.79 Å². The Morgan fingerprint density at radius 1 is 1.29 bits per heavy atom. The van der Waals surface area contributed by atoms with Crippen LogP contribution in [-0.4, -0.2) is 54.9 Å². The van der Waals surface area contributed by atoms with Crippen LogP contribution in [0.4, 0.5) is 0 Å². The number of ether oxygens (including phenoxy) is 1. The molecule has 1 fully saturated rings. The summed E-state index contributed by atoms with van der Waals surface area (Å²) in [5.41, 5.74) is 5.61. The number of piperidine rings is 1. The Morgan fingerprint density at radius 3 is 2.29 bits per heavy atom. The highest BCUT2D eigenvalue weighted by atomic mass is 16.5. The van der Waals surface area contributed by atoms with Crippen molar-refractivity contribution in [1.82, 2.24) is 4.90 Å². The second-order valence-electron chi connectivity index (χ2n) is 6.07. The molecule has 5 nitrogen and oxygen atoms in total. The number of aliphatic hydroxyl groups is 1. The normalized spacial score (nSPS) is 17.2. The van der Waals surface area contributed by atoms with Gasteiger partial charge in [0.2, 0.25) is 5.91 Å². The molecule has 0 bridgehead atoms. The molecule has 124 valence electrons. The van der Waals surface area contributed by atoms with Gasteiger partial charge in [0.25, 0.3) is 0 Å². The van der Waals surface area contributed by atoms with Gasteiger partial charge in [0.1, 0.15) is 0 Å². The standard InChI is InChI=1S/C16H32N2O3/c1-3-7-16(13-17,8-4-2)15(20)18-9-5-14(6-10-18)21-12-11-19/h14,19H,3-13,17H2,1-2H3. The highest BCUT2D eigenvalue weighted by molar-refractivity contribution is 5.83. The van der Waals surface area contributed by atoms with Crippen LogP contribution >= 0.6 is 0 Å². The van der Waals surface area contributed by atoms with Gasteiger partial charge in [-0.15, -0.1) is 0 Å². The molecule has 0 spiro atoms. The molecule has 1 amide bonds. The molecule has 21 heavy (non-hydrogen) atoms. The topological polar surface area (TPSA) is 75.8 Å². The first-order chi connectivity index (χ1) is 10.1. The van der Waals surface area contributed by atoms with Crippen molar-refractivity contribution in [3.05, 3.63) is 0 Å². The Kier molecular flexibility index (Phi) is 8.22. The van der Waals surface area contributed by atoms with Gasteiger partial charge >= 0.3 is 0 Å². The van der Waals surface area contributed by atoms with Gasteiger partial charge in [0, 0.05) is 19.6 Å². The minimum atomic E-state index is -0.373. The highest BCUT2D eigenvalue weighted by Crippen LogP contribution is 2.32. The van der Waals surface area contributed by atoms with Gasteiger partial charge in [-0.05, 0) is 25.7 Å². The molecule has 0 aliphatic carbocycles. The maximum absolute atomic E-state index is 12.9. The van der Waals surface area contributed by atoms with Gasteiger partial charge < -0.3 is 20.5 Å². The van der Waals surface area contributed by atoms with E-state index in [4.69, 9.17) is 15.6 Å². The number of carbonyl (C=O) groups excluding carboxylic acids is 1. The number of likely N-dealkylation sites (tertiary alicyclic amines) is 1. The van der Waals surface area contributed by atoms with E-state index in [1.54, 1.807) is 0 Å². The third kappa shape index (κ3) is 4.94. The molecule has 1 saturated heterocycles. The molecule has 0 radical (unpaired) electrons. The van der Waals surface area contributed by atoms with Crippen LogP contribution in [0.3, 0.4) is 0 Å². The van der Waals surface area contributed by atoms with Crippen LogP contribution in [-0.2, 0) is 9.53 Å². The van der Waals surface area contributed by atoms with E-state index >= 15 is 0 Å². The molecule has 1 rings (SSSR count). The van der Waals surface area contributed by atoms with Crippen molar-refractivity contribution in [2.75, 3.05) is 32.8 Å². The van der Waals surface area contributed by atoms with Crippen molar-refractivity contribution in [2.45, 2.75) is 58.5 Å². The number of carbonyl (C=O) groups is 1. The molecule has 0 aromatic heterocycles. The number of hydrogen-bond acceptors (Lipinski definition) is 4. The predicted octanol–water partition coefficient (Wildman–Crippen LogP) is 1.53. The first-order valence-electron chi connectivity index (χ1n) is 8.35. The molecule has 0 unspecified atom stereocenters. The lowest BCUT2D eigenvalue weighted by molar-refractivity contribution is -0.145. The van der Waals surface area contributed by atoms with Crippen molar-refractivity contribution >= 4 is 5.91 Å². The highest BCUT2D eigenvalue weighted by Gasteiger charge is 2.39. The minimum Gasteiger partial charge on any atom is -0.394 e. The zero-order valence-corrected chi connectivity index (χ0v) is 13.6. The average Bonchev–Trinajstić information content (AvgIpc) is 2.52. The van der Waals surface area contributed by atoms with Gasteiger partial charge in [-0.2, -0.15) is 0 Å². The van der Waals surface area contributed by atoms with Crippen LogP contribution in [0.1, 0.15) is 52.4 Å². The summed E-state index contributed by atoms with van der Waals surface area (Å²) in [4.78, 5) is 14.9. The van der Waals surface area contributed by atoms with Crippen molar-refractivity contribution in [1.29, 1.82) is 0 Å². The van der Waals surface area contributed by atoms with Gasteiger partial charge in [0.05, 0.1) is 24.7 Å². The molecule has 3 N–H and O–H groups in total. The van der Waals surface area contributed by atoms with E-state index in [2.05, 4.69) is 13.8 Å². The number of nitrogens with zero attached hydrogens (tertiary/aromatic N) is 1. The lowest BCUT2D eigenvalue weighted by Gasteiger charge is -2.39. The van der Waals surface area contributed by atoms with E-state index in [0.717, 1.165) is 51.6 Å². The fourth-order valence-electron chi connectivity index (χ4n) is 3.37. The minimum absolute atomic E-state index is 0.0580. The Labute approximate surface area is 128 Å². The first kappa shape index (κ1) is 18.4. The van der Waals surface area contributed by atoms with Crippen molar-refractivity contribution < 1.29 is 14.6 Å². The maximum atomic E-state index is 12.9. The SMILES string of the molecule is CCCC(CN)(CCC)C(=O)N1CCC(OCCO)CC1. The zero-order chi connectivity index (χ0) is 15.7. The monoisotopic (exact) mass is 300 g/mol. The van der Waals surface area contributed by atoms with E-state index in [1.807, 2.05) is 4.90 Å².